The summed E-state index contributed by atoms with van der Waals surface area (Å²) in [5, 5.41) is 30.2. The highest BCUT2D eigenvalue weighted by Gasteiger charge is 2.54. The van der Waals surface area contributed by atoms with E-state index in [1.54, 1.807) is 6.33 Å². The van der Waals surface area contributed by atoms with E-state index in [0.29, 0.717) is 17.9 Å². The van der Waals surface area contributed by atoms with Crippen molar-refractivity contribution in [1.82, 2.24) is 25.0 Å². The van der Waals surface area contributed by atoms with E-state index >= 15 is 0 Å². The van der Waals surface area contributed by atoms with Crippen LogP contribution in [0.3, 0.4) is 0 Å². The van der Waals surface area contributed by atoms with E-state index in [2.05, 4.69) is 20.6 Å². The number of nitrogens with two attached hydrogens (primary N) is 1. The Bertz CT molecular complexity index is 1250. The third-order valence-corrected chi connectivity index (χ3v) is 7.97. The molecule has 34 heavy (non-hydrogen) atoms. The number of carboxylic acids is 1. The third kappa shape index (κ3) is 3.69. The van der Waals surface area contributed by atoms with Gasteiger partial charge >= 0.3 is 5.97 Å². The minimum absolute atomic E-state index is 0.0640. The maximum atomic E-state index is 12.9. The van der Waals surface area contributed by atoms with Crippen molar-refractivity contribution < 1.29 is 29.3 Å². The molecular formula is C19H21N8O5S2+. The van der Waals surface area contributed by atoms with Crippen molar-refractivity contribution in [2.24, 2.45) is 5.16 Å². The normalized spacial score (nSPS) is 22.2. The molecule has 1 fully saturated rings. The molecule has 3 aliphatic heterocycles. The number of anilines is 1. The molecule has 0 aliphatic carbocycles. The van der Waals surface area contributed by atoms with E-state index in [9.17, 15) is 24.7 Å². The van der Waals surface area contributed by atoms with Crippen molar-refractivity contribution in [1.29, 1.82) is 0 Å². The Morgan fingerprint density at radius 3 is 2.91 bits per heavy atom. The maximum absolute atomic E-state index is 12.9. The van der Waals surface area contributed by atoms with Gasteiger partial charge in [-0.2, -0.15) is 0 Å². The molecule has 2 aromatic rings. The summed E-state index contributed by atoms with van der Waals surface area (Å²) >= 11 is 2.44. The number of hydrogen-bond acceptors (Lipinski definition) is 10. The average molecular weight is 506 g/mol. The monoisotopic (exact) mass is 505 g/mol. The summed E-state index contributed by atoms with van der Waals surface area (Å²) in [6.07, 6.45) is 4.67. The summed E-state index contributed by atoms with van der Waals surface area (Å²) < 4.78 is 3.87. The van der Waals surface area contributed by atoms with E-state index in [0.717, 1.165) is 43.0 Å². The van der Waals surface area contributed by atoms with Crippen LogP contribution in [0, 0.1) is 0 Å². The van der Waals surface area contributed by atoms with E-state index < -0.39 is 29.2 Å². The molecule has 0 spiro atoms. The van der Waals surface area contributed by atoms with Gasteiger partial charge in [0.05, 0.1) is 6.54 Å². The highest BCUT2D eigenvalue weighted by Crippen LogP contribution is 2.40. The molecule has 2 atom stereocenters. The summed E-state index contributed by atoms with van der Waals surface area (Å²) in [5.74, 6) is -1.13. The molecule has 15 heteroatoms. The molecule has 0 aromatic carbocycles. The lowest BCUT2D eigenvalue weighted by Gasteiger charge is -2.49. The van der Waals surface area contributed by atoms with Crippen LogP contribution in [0.25, 0.3) is 0 Å². The van der Waals surface area contributed by atoms with Crippen molar-refractivity contribution in [3.8, 4) is 0 Å². The van der Waals surface area contributed by atoms with Crippen LogP contribution >= 0.6 is 23.1 Å². The standard InChI is InChI=1S/C19H20N8O5S2/c20-19-22-10(7-34-19)12(24-32)15(28)23-13-16(29)27-14(18(30)31)9(6-33-17(13)27)5-25-8-21-26-4-2-1-3-11(25)26/h7-8,13,17H,1-6H2,(H4-,20,22,23,28,30,31,32)/p+1/t13-,17-/m1/s1. The molecule has 5 N–H and O–H groups in total. The first-order valence-corrected chi connectivity index (χ1v) is 12.4. The second-order valence-electron chi connectivity index (χ2n) is 7.99. The number of oxime groups is 1. The number of carbonyl (C=O) groups excluding carboxylic acids is 2. The molecule has 178 valence electrons. The molecular weight excluding hydrogens is 484 g/mol. The van der Waals surface area contributed by atoms with Crippen LogP contribution in [0.1, 0.15) is 24.4 Å². The van der Waals surface area contributed by atoms with Crippen molar-refractivity contribution in [3.63, 3.8) is 0 Å². The van der Waals surface area contributed by atoms with Gasteiger partial charge in [0.15, 0.2) is 10.8 Å². The predicted octanol–water partition coefficient (Wildman–Crippen LogP) is -0.837. The van der Waals surface area contributed by atoms with E-state index in [1.807, 2.05) is 9.25 Å². The quantitative estimate of drug-likeness (QED) is 0.128. The zero-order chi connectivity index (χ0) is 24.0. The molecule has 2 aromatic heterocycles. The summed E-state index contributed by atoms with van der Waals surface area (Å²) in [4.78, 5) is 42.8. The molecule has 0 radical (unpaired) electrons. The number of aromatic nitrogens is 4. The lowest BCUT2D eigenvalue weighted by Crippen LogP contribution is -2.71. The fraction of sp³-hybridized carbons (Fsp3) is 0.421. The van der Waals surface area contributed by atoms with Crippen LogP contribution in [0.15, 0.2) is 28.1 Å². The number of nitrogens with zero attached hydrogens (tertiary/aromatic N) is 6. The number of β-lactam (4-membered cyclic amide) rings is 1. The first-order chi connectivity index (χ1) is 16.4. The largest absolute Gasteiger partial charge is 0.477 e. The Kier molecular flexibility index (Phi) is 5.73. The number of thioether (sulfide) groups is 1. The lowest BCUT2D eigenvalue weighted by atomic mass is 10.0. The summed E-state index contributed by atoms with van der Waals surface area (Å²) in [7, 11) is 0. The summed E-state index contributed by atoms with van der Waals surface area (Å²) in [5.41, 5.74) is 5.81. The molecule has 0 bridgehead atoms. The molecule has 3 aliphatic rings. The number of thiazole rings is 1. The minimum atomic E-state index is -1.20. The minimum Gasteiger partial charge on any atom is -0.477 e. The molecule has 0 saturated carbocycles. The van der Waals surface area contributed by atoms with E-state index in [-0.39, 0.29) is 22.2 Å². The fourth-order valence-electron chi connectivity index (χ4n) is 4.37. The van der Waals surface area contributed by atoms with Crippen molar-refractivity contribution in [3.05, 3.63) is 34.5 Å². The van der Waals surface area contributed by atoms with Gasteiger partial charge in [0.1, 0.15) is 29.4 Å². The number of aryl methyl sites for hydroxylation is 1. The van der Waals surface area contributed by atoms with E-state index in [1.165, 1.54) is 22.0 Å². The highest BCUT2D eigenvalue weighted by atomic mass is 32.2. The van der Waals surface area contributed by atoms with Gasteiger partial charge in [-0.1, -0.05) is 5.16 Å². The zero-order valence-corrected chi connectivity index (χ0v) is 19.4. The molecule has 0 unspecified atom stereocenters. The topological polar surface area (TPSA) is 180 Å². The molecule has 13 nitrogen and oxygen atoms in total. The number of amides is 2. The number of nitrogen functional groups attached to an aromatic ring is 1. The van der Waals surface area contributed by atoms with Gasteiger partial charge in [-0.15, -0.1) is 27.8 Å². The van der Waals surface area contributed by atoms with Crippen LogP contribution in [-0.4, -0.2) is 70.6 Å². The Hall–Kier alpha value is -3.46. The fourth-order valence-corrected chi connectivity index (χ4v) is 6.25. The number of carboxylic acid groups (broad SMARTS) is 1. The van der Waals surface area contributed by atoms with Gasteiger partial charge in [0.25, 0.3) is 18.1 Å². The predicted molar refractivity (Wildman–Crippen MR) is 120 cm³/mol. The van der Waals surface area contributed by atoms with Crippen LogP contribution in [0.2, 0.25) is 0 Å². The molecule has 1 saturated heterocycles. The van der Waals surface area contributed by atoms with Gasteiger partial charge in [-0.05, 0) is 12.8 Å². The van der Waals surface area contributed by atoms with Crippen LogP contribution in [-0.2, 0) is 33.9 Å². The smallest absolute Gasteiger partial charge is 0.352 e. The van der Waals surface area contributed by atoms with Crippen molar-refractivity contribution >= 4 is 51.7 Å². The SMILES string of the molecule is Nc1nc(/C(=N/O)C(=O)N[C@@H]2C(=O)N3C(C(=O)O)=C(C[n+]4cnn5c4CCCC5)CS[C@H]23)cs1. The Morgan fingerprint density at radius 1 is 1.38 bits per heavy atom. The second-order valence-corrected chi connectivity index (χ2v) is 9.99. The Morgan fingerprint density at radius 2 is 2.21 bits per heavy atom. The number of rotatable bonds is 6. The first kappa shape index (κ1) is 22.3. The molecule has 5 rings (SSSR count). The number of carbonyl (C=O) groups is 3. The maximum Gasteiger partial charge on any atom is 0.352 e. The number of aliphatic carboxylic acids is 1. The zero-order valence-electron chi connectivity index (χ0n) is 17.7. The van der Waals surface area contributed by atoms with Gasteiger partial charge in [-0.3, -0.25) is 14.5 Å². The number of fused-ring (bicyclic) bond motifs is 2. The Balaban J connectivity index is 1.35. The van der Waals surface area contributed by atoms with E-state index in [4.69, 9.17) is 5.73 Å². The summed E-state index contributed by atoms with van der Waals surface area (Å²) in [6.45, 7) is 1.16. The number of hydrogen-bond donors (Lipinski definition) is 4. The van der Waals surface area contributed by atoms with Gasteiger partial charge < -0.3 is 21.4 Å². The summed E-state index contributed by atoms with van der Waals surface area (Å²) in [6, 6.07) is -0.960. The average Bonchev–Trinajstić information content (AvgIpc) is 3.44. The first-order valence-electron chi connectivity index (χ1n) is 10.5. The number of nitrogens with one attached hydrogen (secondary N) is 1. The van der Waals surface area contributed by atoms with Gasteiger partial charge in [0, 0.05) is 28.2 Å². The Labute approximate surface area is 200 Å². The molecule has 5 heterocycles. The van der Waals surface area contributed by atoms with Crippen LogP contribution < -0.4 is 15.6 Å². The third-order valence-electron chi connectivity index (χ3n) is 5.96. The van der Waals surface area contributed by atoms with Crippen LogP contribution in [0.4, 0.5) is 5.13 Å². The lowest BCUT2D eigenvalue weighted by molar-refractivity contribution is -0.697. The molecule has 2 amide bonds. The van der Waals surface area contributed by atoms with Crippen LogP contribution in [0.5, 0.6) is 0 Å². The van der Waals surface area contributed by atoms with Gasteiger partial charge in [-0.25, -0.2) is 14.3 Å². The van der Waals surface area contributed by atoms with Crippen molar-refractivity contribution in [2.75, 3.05) is 11.5 Å². The second kappa shape index (κ2) is 8.72. The van der Waals surface area contributed by atoms with Crippen molar-refractivity contribution in [2.45, 2.75) is 43.8 Å². The van der Waals surface area contributed by atoms with Gasteiger partial charge in [0.2, 0.25) is 5.82 Å². The highest BCUT2D eigenvalue weighted by molar-refractivity contribution is 8.00.